The van der Waals surface area contributed by atoms with E-state index >= 15 is 0 Å². The first-order chi connectivity index (χ1) is 11.7. The van der Waals surface area contributed by atoms with Gasteiger partial charge in [0.05, 0.1) is 13.2 Å². The van der Waals surface area contributed by atoms with Crippen LogP contribution in [0.3, 0.4) is 0 Å². The first-order valence-electron chi connectivity index (χ1n) is 8.15. The highest BCUT2D eigenvalue weighted by Crippen LogP contribution is 2.39. The molecule has 122 valence electrons. The van der Waals surface area contributed by atoms with E-state index in [1.54, 1.807) is 0 Å². The van der Waals surface area contributed by atoms with Crippen molar-refractivity contribution < 1.29 is 9.53 Å². The van der Waals surface area contributed by atoms with Crippen molar-refractivity contribution in [3.05, 3.63) is 71.4 Å². The van der Waals surface area contributed by atoms with Gasteiger partial charge in [0.2, 0.25) is 0 Å². The van der Waals surface area contributed by atoms with Gasteiger partial charge in [0, 0.05) is 23.0 Å². The Labute approximate surface area is 141 Å². The number of esters is 1. The van der Waals surface area contributed by atoms with Crippen LogP contribution in [0.2, 0.25) is 0 Å². The van der Waals surface area contributed by atoms with E-state index < -0.39 is 0 Å². The number of rotatable bonds is 2. The molecule has 3 aromatic rings. The van der Waals surface area contributed by atoms with Gasteiger partial charge >= 0.3 is 5.97 Å². The van der Waals surface area contributed by atoms with E-state index in [2.05, 4.69) is 34.1 Å². The molecule has 4 nitrogen and oxygen atoms in total. The number of benzene rings is 2. The minimum absolute atomic E-state index is 0.00597. The molecule has 24 heavy (non-hydrogen) atoms. The van der Waals surface area contributed by atoms with Crippen LogP contribution in [0.15, 0.2) is 54.6 Å². The van der Waals surface area contributed by atoms with Gasteiger partial charge in [0.25, 0.3) is 0 Å². The van der Waals surface area contributed by atoms with Gasteiger partial charge in [-0.2, -0.15) is 0 Å². The maximum atomic E-state index is 12.3. The summed E-state index contributed by atoms with van der Waals surface area (Å²) in [5, 5.41) is 1.19. The number of H-pyrrole nitrogens is 1. The molecule has 0 spiro atoms. The Bertz CT molecular complexity index is 885. The molecule has 0 saturated carbocycles. The lowest BCUT2D eigenvalue weighted by Crippen LogP contribution is -2.46. The molecule has 0 saturated heterocycles. The summed E-state index contributed by atoms with van der Waals surface area (Å²) in [5.74, 6) is -0.186. The molecule has 0 unspecified atom stereocenters. The maximum absolute atomic E-state index is 12.3. The molecule has 0 amide bonds. The molecule has 1 aliphatic rings. The minimum atomic E-state index is -0.285. The number of fused-ring (bicyclic) bond motifs is 3. The lowest BCUT2D eigenvalue weighted by Gasteiger charge is -2.38. The minimum Gasteiger partial charge on any atom is -0.468 e. The van der Waals surface area contributed by atoms with Crippen LogP contribution >= 0.6 is 0 Å². The first kappa shape index (κ1) is 15.0. The lowest BCUT2D eigenvalue weighted by atomic mass is 9.88. The second-order valence-electron chi connectivity index (χ2n) is 6.28. The van der Waals surface area contributed by atoms with Crippen molar-refractivity contribution in [1.82, 2.24) is 9.88 Å². The first-order valence-corrected chi connectivity index (χ1v) is 8.15. The van der Waals surface area contributed by atoms with Crippen LogP contribution < -0.4 is 0 Å². The number of carbonyl (C=O) groups excluding carboxylic acids is 1. The molecular weight excluding hydrogens is 300 g/mol. The Morgan fingerprint density at radius 1 is 1.12 bits per heavy atom. The molecule has 2 heterocycles. The summed E-state index contributed by atoms with van der Waals surface area (Å²) in [7, 11) is 3.45. The van der Waals surface area contributed by atoms with Crippen LogP contribution in [0.5, 0.6) is 0 Å². The van der Waals surface area contributed by atoms with Gasteiger partial charge in [-0.1, -0.05) is 48.5 Å². The van der Waals surface area contributed by atoms with E-state index in [-0.39, 0.29) is 18.1 Å². The third-order valence-electron chi connectivity index (χ3n) is 5.01. The molecule has 1 aliphatic heterocycles. The van der Waals surface area contributed by atoms with Crippen LogP contribution in [-0.4, -0.2) is 36.1 Å². The number of nitrogens with zero attached hydrogens (tertiary/aromatic N) is 1. The molecule has 2 atom stereocenters. The fraction of sp³-hybridized carbons (Fsp3) is 0.250. The van der Waals surface area contributed by atoms with Crippen LogP contribution in [0.1, 0.15) is 22.9 Å². The highest BCUT2D eigenvalue weighted by molar-refractivity contribution is 5.87. The van der Waals surface area contributed by atoms with Crippen LogP contribution in [0.25, 0.3) is 10.9 Å². The molecule has 0 bridgehead atoms. The van der Waals surface area contributed by atoms with Crippen molar-refractivity contribution in [3.63, 3.8) is 0 Å². The number of nitrogens with one attached hydrogen (secondary N) is 1. The van der Waals surface area contributed by atoms with E-state index in [0.717, 1.165) is 5.52 Å². The summed E-state index contributed by atoms with van der Waals surface area (Å²) in [4.78, 5) is 18.0. The quantitative estimate of drug-likeness (QED) is 0.737. The topological polar surface area (TPSA) is 45.3 Å². The summed E-state index contributed by atoms with van der Waals surface area (Å²) in [6.07, 6.45) is 0.659. The monoisotopic (exact) mass is 320 g/mol. The Hall–Kier alpha value is -2.59. The second-order valence-corrected chi connectivity index (χ2v) is 6.28. The molecule has 0 radical (unpaired) electrons. The summed E-state index contributed by atoms with van der Waals surface area (Å²) >= 11 is 0. The Morgan fingerprint density at radius 3 is 2.58 bits per heavy atom. The van der Waals surface area contributed by atoms with Gasteiger partial charge in [0.15, 0.2) is 0 Å². The third kappa shape index (κ3) is 2.22. The summed E-state index contributed by atoms with van der Waals surface area (Å²) in [6, 6.07) is 18.3. The molecule has 4 heteroatoms. The lowest BCUT2D eigenvalue weighted by molar-refractivity contribution is -0.147. The molecule has 4 rings (SSSR count). The number of para-hydroxylation sites is 1. The normalized spacial score (nSPS) is 20.8. The Morgan fingerprint density at radius 2 is 1.83 bits per heavy atom. The van der Waals surface area contributed by atoms with Crippen molar-refractivity contribution in [2.75, 3.05) is 14.2 Å². The van der Waals surface area contributed by atoms with E-state index in [4.69, 9.17) is 4.74 Å². The fourth-order valence-electron chi connectivity index (χ4n) is 3.82. The third-order valence-corrected chi connectivity index (χ3v) is 5.01. The van der Waals surface area contributed by atoms with Crippen molar-refractivity contribution >= 4 is 16.9 Å². The van der Waals surface area contributed by atoms with Gasteiger partial charge in [-0.25, -0.2) is 0 Å². The molecule has 1 aromatic heterocycles. The second kappa shape index (κ2) is 5.80. The van der Waals surface area contributed by atoms with Crippen molar-refractivity contribution in [3.8, 4) is 0 Å². The number of methoxy groups -OCH3 is 1. The molecule has 0 aliphatic carbocycles. The van der Waals surface area contributed by atoms with E-state index in [1.165, 1.54) is 29.3 Å². The van der Waals surface area contributed by atoms with E-state index in [0.29, 0.717) is 6.42 Å². The predicted molar refractivity (Wildman–Crippen MR) is 93.9 cm³/mol. The Kier molecular flexibility index (Phi) is 3.62. The number of hydrogen-bond acceptors (Lipinski definition) is 3. The maximum Gasteiger partial charge on any atom is 0.323 e. The van der Waals surface area contributed by atoms with Gasteiger partial charge in [-0.3, -0.25) is 9.69 Å². The highest BCUT2D eigenvalue weighted by atomic mass is 16.5. The number of ether oxygens (including phenoxy) is 1. The van der Waals surface area contributed by atoms with Gasteiger partial charge < -0.3 is 9.72 Å². The largest absolute Gasteiger partial charge is 0.468 e. The smallest absolute Gasteiger partial charge is 0.323 e. The van der Waals surface area contributed by atoms with Crippen molar-refractivity contribution in [2.45, 2.75) is 18.5 Å². The van der Waals surface area contributed by atoms with Crippen LogP contribution in [0.4, 0.5) is 0 Å². The number of carbonyl (C=O) groups is 1. The zero-order valence-corrected chi connectivity index (χ0v) is 13.8. The SMILES string of the molecule is COC(=O)[C@@H]1Cc2c([nH]c3ccccc23)[C@H](c2ccccc2)N1C. The standard InChI is InChI=1S/C20H20N2O2/c1-22-17(20(23)24-2)12-15-14-10-6-7-11-16(14)21-18(15)19(22)13-8-4-3-5-9-13/h3-11,17,19,21H,12H2,1-2H3/t17-,19-/m0/s1. The number of aromatic nitrogens is 1. The zero-order chi connectivity index (χ0) is 16.7. The van der Waals surface area contributed by atoms with Crippen LogP contribution in [-0.2, 0) is 16.0 Å². The number of likely N-dealkylation sites (N-methyl/N-ethyl adjacent to an activating group) is 1. The summed E-state index contributed by atoms with van der Waals surface area (Å²) in [6.45, 7) is 0. The Balaban J connectivity index is 1.93. The summed E-state index contributed by atoms with van der Waals surface area (Å²) in [5.41, 5.74) is 4.67. The average Bonchev–Trinajstić information content (AvgIpc) is 2.99. The number of aromatic amines is 1. The molecule has 2 aromatic carbocycles. The van der Waals surface area contributed by atoms with Crippen molar-refractivity contribution in [1.29, 1.82) is 0 Å². The average molecular weight is 320 g/mol. The summed E-state index contributed by atoms with van der Waals surface area (Å²) < 4.78 is 5.06. The predicted octanol–water partition coefficient (Wildman–Crippen LogP) is 3.29. The van der Waals surface area contributed by atoms with Gasteiger partial charge in [-0.15, -0.1) is 0 Å². The molecular formula is C20H20N2O2. The highest BCUT2D eigenvalue weighted by Gasteiger charge is 2.39. The number of hydrogen-bond donors (Lipinski definition) is 1. The van der Waals surface area contributed by atoms with E-state index in [1.807, 2.05) is 37.4 Å². The van der Waals surface area contributed by atoms with Crippen LogP contribution in [0, 0.1) is 0 Å². The fourth-order valence-corrected chi connectivity index (χ4v) is 3.82. The van der Waals surface area contributed by atoms with E-state index in [9.17, 15) is 4.79 Å². The van der Waals surface area contributed by atoms with Crippen molar-refractivity contribution in [2.24, 2.45) is 0 Å². The van der Waals surface area contributed by atoms with Gasteiger partial charge in [-0.05, 0) is 24.2 Å². The molecule has 1 N–H and O–H groups in total. The zero-order valence-electron chi connectivity index (χ0n) is 13.8. The van der Waals surface area contributed by atoms with Gasteiger partial charge in [0.1, 0.15) is 6.04 Å². The molecule has 0 fully saturated rings.